The lowest BCUT2D eigenvalue weighted by Crippen LogP contribution is -1.94. The van der Waals surface area contributed by atoms with E-state index in [1.807, 2.05) is 25.1 Å². The van der Waals surface area contributed by atoms with Gasteiger partial charge in [0.1, 0.15) is 0 Å². The van der Waals surface area contributed by atoms with Gasteiger partial charge in [0, 0.05) is 16.8 Å². The fraction of sp³-hybridized carbons (Fsp3) is 0.250. The number of pyridine rings is 1. The Morgan fingerprint density at radius 1 is 1.07 bits per heavy atom. The molecule has 0 spiro atoms. The summed E-state index contributed by atoms with van der Waals surface area (Å²) in [7, 11) is 0. The minimum absolute atomic E-state index is 0.771. The molecule has 0 fully saturated rings. The Morgan fingerprint density at radius 3 is 2.50 bits per heavy atom. The van der Waals surface area contributed by atoms with Crippen LogP contribution in [0.3, 0.4) is 0 Å². The van der Waals surface area contributed by atoms with Gasteiger partial charge >= 0.3 is 0 Å². The van der Waals surface area contributed by atoms with E-state index in [0.29, 0.717) is 0 Å². The van der Waals surface area contributed by atoms with Crippen LogP contribution in [-0.4, -0.2) is 4.98 Å². The van der Waals surface area contributed by atoms with Gasteiger partial charge in [-0.25, -0.2) is 0 Å². The predicted molar refractivity (Wildman–Crippen MR) is 60.4 cm³/mol. The maximum Gasteiger partial charge on any atom is 0.0728 e. The molecule has 14 heavy (non-hydrogen) atoms. The van der Waals surface area contributed by atoms with Gasteiger partial charge in [0.2, 0.25) is 0 Å². The number of benzene rings is 1. The third kappa shape index (κ3) is 1.23. The molecule has 2 aromatic rings. The summed E-state index contributed by atoms with van der Waals surface area (Å²) in [6.07, 6.45) is 0. The first-order chi connectivity index (χ1) is 6.59. The molecule has 0 aliphatic heterocycles. The summed E-state index contributed by atoms with van der Waals surface area (Å²) < 4.78 is 0. The maximum atomic E-state index is 5.72. The van der Waals surface area contributed by atoms with Crippen LogP contribution in [0.2, 0.25) is 0 Å². The highest BCUT2D eigenvalue weighted by Crippen LogP contribution is 2.23. The van der Waals surface area contributed by atoms with Gasteiger partial charge in [-0.2, -0.15) is 0 Å². The molecule has 2 nitrogen and oxygen atoms in total. The number of aromatic nitrogens is 1. The lowest BCUT2D eigenvalue weighted by Gasteiger charge is -2.08. The topological polar surface area (TPSA) is 38.9 Å². The molecular weight excluding hydrogens is 172 g/mol. The van der Waals surface area contributed by atoms with Gasteiger partial charge in [0.15, 0.2) is 0 Å². The van der Waals surface area contributed by atoms with Crippen molar-refractivity contribution in [3.8, 4) is 0 Å². The van der Waals surface area contributed by atoms with Crippen LogP contribution in [0.4, 0.5) is 5.69 Å². The van der Waals surface area contributed by atoms with E-state index in [0.717, 1.165) is 16.9 Å². The lowest BCUT2D eigenvalue weighted by molar-refractivity contribution is 1.17. The van der Waals surface area contributed by atoms with Crippen LogP contribution in [0.15, 0.2) is 18.2 Å². The highest BCUT2D eigenvalue weighted by atomic mass is 14.7. The Labute approximate surface area is 83.8 Å². The smallest absolute Gasteiger partial charge is 0.0728 e. The van der Waals surface area contributed by atoms with Crippen molar-refractivity contribution in [3.63, 3.8) is 0 Å². The molecule has 0 aliphatic carbocycles. The largest absolute Gasteiger partial charge is 0.399 e. The van der Waals surface area contributed by atoms with E-state index in [1.54, 1.807) is 0 Å². The number of anilines is 1. The standard InChI is InChI=1S/C12H14N2/c1-7-8(2)11-5-4-10(13)6-12(11)14-9(7)3/h4-6H,13H2,1-3H3. The summed E-state index contributed by atoms with van der Waals surface area (Å²) in [5, 5.41) is 1.20. The number of rotatable bonds is 0. The summed E-state index contributed by atoms with van der Waals surface area (Å²) in [5.41, 5.74) is 11.1. The fourth-order valence-electron chi connectivity index (χ4n) is 1.70. The minimum atomic E-state index is 0.771. The zero-order valence-corrected chi connectivity index (χ0v) is 8.76. The van der Waals surface area contributed by atoms with Crippen molar-refractivity contribution < 1.29 is 0 Å². The van der Waals surface area contributed by atoms with Gasteiger partial charge in [-0.3, -0.25) is 4.98 Å². The zero-order valence-electron chi connectivity index (χ0n) is 8.76. The van der Waals surface area contributed by atoms with Crippen molar-refractivity contribution >= 4 is 16.6 Å². The quantitative estimate of drug-likeness (QED) is 0.642. The molecule has 72 valence electrons. The number of hydrogen-bond acceptors (Lipinski definition) is 2. The average molecular weight is 186 g/mol. The summed E-state index contributed by atoms with van der Waals surface area (Å²) in [4.78, 5) is 4.52. The molecule has 0 amide bonds. The first kappa shape index (κ1) is 9.00. The molecule has 1 heterocycles. The van der Waals surface area contributed by atoms with E-state index in [1.165, 1.54) is 16.5 Å². The van der Waals surface area contributed by atoms with Crippen LogP contribution in [0.1, 0.15) is 16.8 Å². The first-order valence-corrected chi connectivity index (χ1v) is 4.72. The molecule has 0 saturated carbocycles. The van der Waals surface area contributed by atoms with Gasteiger partial charge in [0.05, 0.1) is 5.52 Å². The van der Waals surface area contributed by atoms with Gasteiger partial charge in [-0.1, -0.05) is 6.07 Å². The highest BCUT2D eigenvalue weighted by molar-refractivity contribution is 5.85. The monoisotopic (exact) mass is 186 g/mol. The van der Waals surface area contributed by atoms with E-state index >= 15 is 0 Å². The number of fused-ring (bicyclic) bond motifs is 1. The molecular formula is C12H14N2. The normalized spacial score (nSPS) is 10.8. The van der Waals surface area contributed by atoms with Crippen molar-refractivity contribution in [1.82, 2.24) is 4.98 Å². The number of aryl methyl sites for hydroxylation is 2. The highest BCUT2D eigenvalue weighted by Gasteiger charge is 2.04. The third-order valence-electron chi connectivity index (χ3n) is 2.82. The molecule has 0 saturated heterocycles. The lowest BCUT2D eigenvalue weighted by atomic mass is 10.0. The zero-order chi connectivity index (χ0) is 10.3. The second-order valence-electron chi connectivity index (χ2n) is 3.72. The SMILES string of the molecule is Cc1nc2cc(N)ccc2c(C)c1C. The molecule has 0 unspecified atom stereocenters. The second kappa shape index (κ2) is 2.98. The molecule has 0 aliphatic rings. The van der Waals surface area contributed by atoms with Crippen LogP contribution in [0.25, 0.3) is 10.9 Å². The van der Waals surface area contributed by atoms with E-state index in [-0.39, 0.29) is 0 Å². The van der Waals surface area contributed by atoms with Crippen LogP contribution >= 0.6 is 0 Å². The van der Waals surface area contributed by atoms with Crippen molar-refractivity contribution in [1.29, 1.82) is 0 Å². The van der Waals surface area contributed by atoms with Crippen molar-refractivity contribution in [2.45, 2.75) is 20.8 Å². The van der Waals surface area contributed by atoms with Gasteiger partial charge < -0.3 is 5.73 Å². The van der Waals surface area contributed by atoms with Crippen LogP contribution in [0, 0.1) is 20.8 Å². The predicted octanol–water partition coefficient (Wildman–Crippen LogP) is 2.74. The summed E-state index contributed by atoms with van der Waals surface area (Å²) in [6.45, 7) is 6.26. The van der Waals surface area contributed by atoms with Crippen LogP contribution in [-0.2, 0) is 0 Å². The summed E-state index contributed by atoms with van der Waals surface area (Å²) >= 11 is 0. The Balaban J connectivity index is 2.91. The van der Waals surface area contributed by atoms with Gasteiger partial charge in [-0.15, -0.1) is 0 Å². The molecule has 2 N–H and O–H groups in total. The van der Waals surface area contributed by atoms with Crippen molar-refractivity contribution in [3.05, 3.63) is 35.0 Å². The van der Waals surface area contributed by atoms with E-state index in [9.17, 15) is 0 Å². The molecule has 0 atom stereocenters. The molecule has 1 aromatic heterocycles. The Hall–Kier alpha value is -1.57. The number of nitrogens with two attached hydrogens (primary N) is 1. The molecule has 2 rings (SSSR count). The Kier molecular flexibility index (Phi) is 1.92. The number of hydrogen-bond donors (Lipinski definition) is 1. The summed E-state index contributed by atoms with van der Waals surface area (Å²) in [6, 6.07) is 5.89. The van der Waals surface area contributed by atoms with Gasteiger partial charge in [0.25, 0.3) is 0 Å². The molecule has 0 radical (unpaired) electrons. The average Bonchev–Trinajstić information content (AvgIpc) is 2.14. The van der Waals surface area contributed by atoms with Crippen molar-refractivity contribution in [2.75, 3.05) is 5.73 Å². The van der Waals surface area contributed by atoms with Crippen LogP contribution < -0.4 is 5.73 Å². The molecule has 0 bridgehead atoms. The van der Waals surface area contributed by atoms with Crippen LogP contribution in [0.5, 0.6) is 0 Å². The van der Waals surface area contributed by atoms with E-state index < -0.39 is 0 Å². The third-order valence-corrected chi connectivity index (χ3v) is 2.82. The Morgan fingerprint density at radius 2 is 1.79 bits per heavy atom. The van der Waals surface area contributed by atoms with E-state index in [2.05, 4.69) is 18.8 Å². The number of nitrogens with zero attached hydrogens (tertiary/aromatic N) is 1. The first-order valence-electron chi connectivity index (χ1n) is 4.72. The minimum Gasteiger partial charge on any atom is -0.399 e. The number of nitrogen functional groups attached to an aromatic ring is 1. The molecule has 2 heteroatoms. The van der Waals surface area contributed by atoms with E-state index in [4.69, 9.17) is 5.73 Å². The van der Waals surface area contributed by atoms with Gasteiger partial charge in [-0.05, 0) is 44.0 Å². The summed E-state index contributed by atoms with van der Waals surface area (Å²) in [5.74, 6) is 0. The second-order valence-corrected chi connectivity index (χ2v) is 3.72. The van der Waals surface area contributed by atoms with Crippen molar-refractivity contribution in [2.24, 2.45) is 0 Å². The fourth-order valence-corrected chi connectivity index (χ4v) is 1.70. The maximum absolute atomic E-state index is 5.72. The molecule has 1 aromatic carbocycles. The Bertz CT molecular complexity index is 501.